The number of benzene rings is 2. The van der Waals surface area contributed by atoms with Crippen molar-refractivity contribution in [2.24, 2.45) is 10.2 Å². The predicted molar refractivity (Wildman–Crippen MR) is 114 cm³/mol. The van der Waals surface area contributed by atoms with Crippen molar-refractivity contribution < 1.29 is 18.7 Å². The lowest BCUT2D eigenvalue weighted by molar-refractivity contribution is -0.122. The first-order valence-electron chi connectivity index (χ1n) is 8.98. The first kappa shape index (κ1) is 19.7. The molecule has 150 valence electrons. The molecule has 0 radical (unpaired) electrons. The highest BCUT2D eigenvalue weighted by molar-refractivity contribution is 8.18. The van der Waals surface area contributed by atoms with Crippen LogP contribution in [0.15, 0.2) is 86.5 Å². The summed E-state index contributed by atoms with van der Waals surface area (Å²) in [6, 6.07) is 15.9. The molecule has 2 aromatic carbocycles. The number of furan rings is 1. The van der Waals surface area contributed by atoms with Crippen molar-refractivity contribution in [2.45, 2.75) is 6.54 Å². The number of thioether (sulfide) groups is 1. The van der Waals surface area contributed by atoms with Crippen molar-refractivity contribution >= 4 is 35.1 Å². The minimum atomic E-state index is -0.330. The topological polar surface area (TPSA) is 78.4 Å². The van der Waals surface area contributed by atoms with Gasteiger partial charge in [-0.1, -0.05) is 24.3 Å². The summed E-state index contributed by atoms with van der Waals surface area (Å²) in [5.41, 5.74) is 1.46. The van der Waals surface area contributed by atoms with Gasteiger partial charge in [0.05, 0.1) is 23.9 Å². The molecule has 1 saturated heterocycles. The SMILES string of the molecule is O=C1/C(=C/c2ccc(O)cc2)S/C(=N/N=C\c2ccc(F)cc2)N1Cc1ccco1. The van der Waals surface area contributed by atoms with E-state index in [0.717, 1.165) is 5.56 Å². The normalized spacial score (nSPS) is 17.0. The van der Waals surface area contributed by atoms with Crippen LogP contribution < -0.4 is 0 Å². The summed E-state index contributed by atoms with van der Waals surface area (Å²) in [7, 11) is 0. The van der Waals surface area contributed by atoms with Crippen LogP contribution in [-0.4, -0.2) is 27.3 Å². The van der Waals surface area contributed by atoms with Crippen molar-refractivity contribution in [3.8, 4) is 5.75 Å². The molecular formula is C22H16FN3O3S. The molecule has 3 aromatic rings. The van der Waals surface area contributed by atoms with Gasteiger partial charge in [0, 0.05) is 0 Å². The standard InChI is InChI=1S/C22H16FN3O3S/c23-17-7-3-16(4-8-17)13-24-25-22-26(14-19-2-1-11-29-19)21(28)20(30-22)12-15-5-9-18(27)10-6-15/h1-13,27H,14H2/b20-12-,24-13-,25-22+. The summed E-state index contributed by atoms with van der Waals surface area (Å²) >= 11 is 1.19. The fraction of sp³-hybridized carbons (Fsp3) is 0.0455. The summed E-state index contributed by atoms with van der Waals surface area (Å²) in [5, 5.41) is 18.1. The Labute approximate surface area is 176 Å². The number of hydrogen-bond donors (Lipinski definition) is 1. The predicted octanol–water partition coefficient (Wildman–Crippen LogP) is 4.63. The van der Waals surface area contributed by atoms with E-state index in [0.29, 0.717) is 21.4 Å². The van der Waals surface area contributed by atoms with E-state index in [1.165, 1.54) is 35.0 Å². The van der Waals surface area contributed by atoms with Crippen molar-refractivity contribution in [3.05, 3.63) is 94.5 Å². The Kier molecular flexibility index (Phi) is 5.76. The fourth-order valence-corrected chi connectivity index (χ4v) is 3.63. The molecule has 0 bridgehead atoms. The molecule has 1 aromatic heterocycles. The van der Waals surface area contributed by atoms with E-state index in [-0.39, 0.29) is 24.0 Å². The summed E-state index contributed by atoms with van der Waals surface area (Å²) in [6.45, 7) is 0.219. The molecule has 1 fully saturated rings. The van der Waals surface area contributed by atoms with Crippen LogP contribution in [0.3, 0.4) is 0 Å². The van der Waals surface area contributed by atoms with E-state index in [1.54, 1.807) is 60.9 Å². The number of amidine groups is 1. The van der Waals surface area contributed by atoms with E-state index in [2.05, 4.69) is 10.2 Å². The molecule has 4 rings (SSSR count). The van der Waals surface area contributed by atoms with Crippen LogP contribution in [0, 0.1) is 5.82 Å². The highest BCUT2D eigenvalue weighted by atomic mass is 32.2. The third kappa shape index (κ3) is 4.66. The second kappa shape index (κ2) is 8.79. The van der Waals surface area contributed by atoms with E-state index < -0.39 is 0 Å². The van der Waals surface area contributed by atoms with E-state index in [1.807, 2.05) is 0 Å². The molecule has 1 N–H and O–H groups in total. The molecule has 0 unspecified atom stereocenters. The van der Waals surface area contributed by atoms with Crippen LogP contribution in [0.4, 0.5) is 4.39 Å². The molecule has 0 atom stereocenters. The molecule has 0 saturated carbocycles. The largest absolute Gasteiger partial charge is 0.508 e. The van der Waals surface area contributed by atoms with Gasteiger partial charge in [-0.25, -0.2) is 4.39 Å². The third-order valence-corrected chi connectivity index (χ3v) is 5.19. The Bertz CT molecular complexity index is 1120. The Morgan fingerprint density at radius 2 is 1.80 bits per heavy atom. The van der Waals surface area contributed by atoms with Gasteiger partial charge in [0.2, 0.25) is 0 Å². The number of phenolic OH excluding ortho intramolecular Hbond substituents is 1. The summed E-state index contributed by atoms with van der Waals surface area (Å²) in [4.78, 5) is 14.9. The zero-order valence-corrected chi connectivity index (χ0v) is 16.4. The summed E-state index contributed by atoms with van der Waals surface area (Å²) < 4.78 is 18.4. The Balaban J connectivity index is 1.60. The van der Waals surface area contributed by atoms with Gasteiger partial charge in [-0.2, -0.15) is 5.10 Å². The third-order valence-electron chi connectivity index (χ3n) is 4.19. The van der Waals surface area contributed by atoms with Crippen molar-refractivity contribution in [1.82, 2.24) is 4.90 Å². The molecule has 2 heterocycles. The van der Waals surface area contributed by atoms with E-state index in [4.69, 9.17) is 4.42 Å². The van der Waals surface area contributed by atoms with Crippen LogP contribution in [0.1, 0.15) is 16.9 Å². The molecule has 1 aliphatic heterocycles. The molecule has 30 heavy (non-hydrogen) atoms. The minimum Gasteiger partial charge on any atom is -0.508 e. The van der Waals surface area contributed by atoms with Crippen LogP contribution in [-0.2, 0) is 11.3 Å². The molecule has 0 aliphatic carbocycles. The quantitative estimate of drug-likeness (QED) is 0.370. The number of amides is 1. The highest BCUT2D eigenvalue weighted by Crippen LogP contribution is 2.34. The monoisotopic (exact) mass is 421 g/mol. The van der Waals surface area contributed by atoms with Crippen molar-refractivity contribution in [2.75, 3.05) is 0 Å². The second-order valence-electron chi connectivity index (χ2n) is 6.35. The maximum atomic E-state index is 13.0. The number of rotatable bonds is 5. The van der Waals surface area contributed by atoms with Crippen LogP contribution in [0.5, 0.6) is 5.75 Å². The van der Waals surface area contributed by atoms with Gasteiger partial charge in [0.25, 0.3) is 5.91 Å². The van der Waals surface area contributed by atoms with E-state index >= 15 is 0 Å². The van der Waals surface area contributed by atoms with Crippen LogP contribution >= 0.6 is 11.8 Å². The summed E-state index contributed by atoms with van der Waals surface area (Å²) in [6.07, 6.45) is 4.76. The van der Waals surface area contributed by atoms with Crippen LogP contribution in [0.2, 0.25) is 0 Å². The minimum absolute atomic E-state index is 0.152. The second-order valence-corrected chi connectivity index (χ2v) is 7.36. The van der Waals surface area contributed by atoms with Crippen molar-refractivity contribution in [1.29, 1.82) is 0 Å². The lowest BCUT2D eigenvalue weighted by Gasteiger charge is -2.12. The number of nitrogens with zero attached hydrogens (tertiary/aromatic N) is 3. The van der Waals surface area contributed by atoms with Crippen LogP contribution in [0.25, 0.3) is 6.08 Å². The zero-order valence-electron chi connectivity index (χ0n) is 15.6. The molecule has 1 amide bonds. The first-order chi connectivity index (χ1) is 14.6. The zero-order chi connectivity index (χ0) is 20.9. The first-order valence-corrected chi connectivity index (χ1v) is 9.79. The maximum Gasteiger partial charge on any atom is 0.267 e. The summed E-state index contributed by atoms with van der Waals surface area (Å²) in [5.74, 6) is 0.216. The average molecular weight is 421 g/mol. The molecule has 6 nitrogen and oxygen atoms in total. The molecule has 1 aliphatic rings. The number of phenols is 1. The van der Waals surface area contributed by atoms with Gasteiger partial charge in [0.15, 0.2) is 5.17 Å². The molecule has 8 heteroatoms. The lowest BCUT2D eigenvalue weighted by atomic mass is 10.2. The average Bonchev–Trinajstić information content (AvgIpc) is 3.35. The maximum absolute atomic E-state index is 13.0. The van der Waals surface area contributed by atoms with Crippen molar-refractivity contribution in [3.63, 3.8) is 0 Å². The van der Waals surface area contributed by atoms with Gasteiger partial charge in [0.1, 0.15) is 17.3 Å². The molecule has 0 spiro atoms. The Morgan fingerprint density at radius 1 is 1.07 bits per heavy atom. The van der Waals surface area contributed by atoms with Gasteiger partial charge >= 0.3 is 0 Å². The van der Waals surface area contributed by atoms with Gasteiger partial charge in [-0.15, -0.1) is 5.10 Å². The van der Waals surface area contributed by atoms with Gasteiger partial charge in [-0.3, -0.25) is 9.69 Å². The van der Waals surface area contributed by atoms with E-state index in [9.17, 15) is 14.3 Å². The van der Waals surface area contributed by atoms with Gasteiger partial charge < -0.3 is 9.52 Å². The number of carbonyl (C=O) groups is 1. The number of aromatic hydroxyl groups is 1. The number of halogens is 1. The Morgan fingerprint density at radius 3 is 2.50 bits per heavy atom. The highest BCUT2D eigenvalue weighted by Gasteiger charge is 2.34. The number of carbonyl (C=O) groups excluding carboxylic acids is 1. The molecular weight excluding hydrogens is 405 g/mol. The fourth-order valence-electron chi connectivity index (χ4n) is 2.70. The smallest absolute Gasteiger partial charge is 0.267 e. The Hall–Kier alpha value is -3.65. The number of hydrogen-bond acceptors (Lipinski definition) is 6. The van der Waals surface area contributed by atoms with Gasteiger partial charge in [-0.05, 0) is 65.4 Å². The lowest BCUT2D eigenvalue weighted by Crippen LogP contribution is -2.28.